The van der Waals surface area contributed by atoms with Gasteiger partial charge in [-0.3, -0.25) is 0 Å². The quantitative estimate of drug-likeness (QED) is 0.605. The molecule has 1 atom stereocenters. The van der Waals surface area contributed by atoms with E-state index < -0.39 is 16.0 Å². The molecule has 9 heteroatoms. The molecule has 0 fully saturated rings. The maximum Gasteiger partial charge on any atom is 0.318 e. The summed E-state index contributed by atoms with van der Waals surface area (Å²) in [6, 6.07) is 4.36. The number of benzene rings is 1. The van der Waals surface area contributed by atoms with Gasteiger partial charge in [0.15, 0.2) is 0 Å². The predicted molar refractivity (Wildman–Crippen MR) is 86.4 cm³/mol. The topological polar surface area (TPSA) is 44.4 Å². The second kappa shape index (κ2) is 7.14. The van der Waals surface area contributed by atoms with E-state index in [-0.39, 0.29) is 0 Å². The van der Waals surface area contributed by atoms with Crippen LogP contribution in [0.25, 0.3) is 0 Å². The molecule has 0 aliphatic heterocycles. The van der Waals surface area contributed by atoms with E-state index >= 15 is 0 Å². The number of alkyl halides is 3. The highest BCUT2D eigenvalue weighted by molar-refractivity contribution is 6.68. The summed E-state index contributed by atoms with van der Waals surface area (Å²) in [5.74, 6) is 0. The predicted octanol–water partition coefficient (Wildman–Crippen LogP) is 4.37. The highest BCUT2D eigenvalue weighted by Crippen LogP contribution is 2.33. The first-order valence-corrected chi connectivity index (χ1v) is 7.26. The van der Waals surface area contributed by atoms with E-state index in [1.165, 1.54) is 11.0 Å². The molecule has 0 heterocycles. The number of nitrogens with one attached hydrogen (secondary N) is 2. The molecule has 0 unspecified atom stereocenters. The molecule has 0 saturated carbocycles. The Morgan fingerprint density at radius 1 is 1.25 bits per heavy atom. The molecule has 20 heavy (non-hydrogen) atoms. The first kappa shape index (κ1) is 17.8. The van der Waals surface area contributed by atoms with Crippen molar-refractivity contribution in [3.63, 3.8) is 0 Å². The highest BCUT2D eigenvalue weighted by Gasteiger charge is 2.34. The third kappa shape index (κ3) is 5.26. The van der Waals surface area contributed by atoms with Crippen LogP contribution in [-0.2, 0) is 0 Å². The van der Waals surface area contributed by atoms with Gasteiger partial charge in [0.1, 0.15) is 6.17 Å². The van der Waals surface area contributed by atoms with Gasteiger partial charge in [-0.05, 0) is 18.2 Å². The van der Waals surface area contributed by atoms with Crippen LogP contribution in [0.15, 0.2) is 18.2 Å². The molecule has 0 spiro atoms. The third-order valence-electron chi connectivity index (χ3n) is 2.23. The largest absolute Gasteiger partial charge is 0.361 e. The lowest BCUT2D eigenvalue weighted by Crippen LogP contribution is -2.52. The van der Waals surface area contributed by atoms with Gasteiger partial charge in [-0.1, -0.05) is 58.0 Å². The van der Waals surface area contributed by atoms with Crippen molar-refractivity contribution >= 4 is 69.7 Å². The van der Waals surface area contributed by atoms with Crippen molar-refractivity contribution in [2.45, 2.75) is 9.96 Å². The average molecular weight is 380 g/mol. The van der Waals surface area contributed by atoms with Crippen molar-refractivity contribution in [1.29, 1.82) is 0 Å². The number of carbonyl (C=O) groups is 1. The Balaban J connectivity index is 2.93. The lowest BCUT2D eigenvalue weighted by molar-refractivity contribution is 0.214. The van der Waals surface area contributed by atoms with Crippen LogP contribution in [-0.4, -0.2) is 35.0 Å². The van der Waals surface area contributed by atoms with Gasteiger partial charge in [-0.25, -0.2) is 4.79 Å². The molecule has 0 bridgehead atoms. The molecular weight excluding hydrogens is 367 g/mol. The Morgan fingerprint density at radius 2 is 1.85 bits per heavy atom. The molecular formula is C11H12Cl5N3O. The third-order valence-corrected chi connectivity index (χ3v) is 3.43. The number of amides is 2. The minimum Gasteiger partial charge on any atom is -0.361 e. The normalized spacial score (nSPS) is 12.8. The fourth-order valence-corrected chi connectivity index (χ4v) is 2.00. The summed E-state index contributed by atoms with van der Waals surface area (Å²) in [6.07, 6.45) is -0.971. The summed E-state index contributed by atoms with van der Waals surface area (Å²) < 4.78 is -1.77. The summed E-state index contributed by atoms with van der Waals surface area (Å²) in [4.78, 5) is 13.0. The number of carbonyl (C=O) groups excluding carboxylic acids is 1. The van der Waals surface area contributed by atoms with E-state index in [1.54, 1.807) is 26.2 Å². The number of anilines is 1. The molecule has 2 amide bonds. The van der Waals surface area contributed by atoms with E-state index in [1.807, 2.05) is 0 Å². The molecule has 4 nitrogen and oxygen atoms in total. The number of hydrogen-bond donors (Lipinski definition) is 2. The number of hydrogen-bond acceptors (Lipinski definition) is 2. The fraction of sp³-hybridized carbons (Fsp3) is 0.364. The lowest BCUT2D eigenvalue weighted by Gasteiger charge is -2.29. The first-order chi connectivity index (χ1) is 9.11. The summed E-state index contributed by atoms with van der Waals surface area (Å²) in [6.45, 7) is 0. The standard InChI is InChI=1S/C11H12Cl5N3O/c1-19(2)10(20)18-9(11(14,15)16)17-8-4-3-6(12)5-7(8)13/h3-5,9,17H,1-2H3,(H,18,20)/t9-/m1/s1. The second-order valence-corrected chi connectivity index (χ2v) is 7.30. The van der Waals surface area contributed by atoms with Crippen LogP contribution in [0, 0.1) is 0 Å². The minimum atomic E-state index is -1.77. The van der Waals surface area contributed by atoms with Gasteiger partial charge in [0.05, 0.1) is 10.7 Å². The van der Waals surface area contributed by atoms with Crippen LogP contribution < -0.4 is 10.6 Å². The van der Waals surface area contributed by atoms with Crippen LogP contribution >= 0.6 is 58.0 Å². The summed E-state index contributed by atoms with van der Waals surface area (Å²) in [5.41, 5.74) is 0.478. The summed E-state index contributed by atoms with van der Waals surface area (Å²) >= 11 is 29.4. The maximum absolute atomic E-state index is 11.7. The van der Waals surface area contributed by atoms with Crippen molar-refractivity contribution in [1.82, 2.24) is 10.2 Å². The van der Waals surface area contributed by atoms with Crippen LogP contribution in [0.5, 0.6) is 0 Å². The van der Waals surface area contributed by atoms with Gasteiger partial charge in [-0.2, -0.15) is 0 Å². The van der Waals surface area contributed by atoms with E-state index in [0.717, 1.165) is 0 Å². The van der Waals surface area contributed by atoms with Crippen LogP contribution in [0.4, 0.5) is 10.5 Å². The van der Waals surface area contributed by atoms with E-state index in [2.05, 4.69) is 10.6 Å². The van der Waals surface area contributed by atoms with Gasteiger partial charge in [0.25, 0.3) is 0 Å². The van der Waals surface area contributed by atoms with Crippen molar-refractivity contribution < 1.29 is 4.79 Å². The average Bonchev–Trinajstić information content (AvgIpc) is 2.29. The lowest BCUT2D eigenvalue weighted by atomic mass is 10.3. The van der Waals surface area contributed by atoms with E-state index in [0.29, 0.717) is 15.7 Å². The van der Waals surface area contributed by atoms with Crippen molar-refractivity contribution in [3.05, 3.63) is 28.2 Å². The van der Waals surface area contributed by atoms with Crippen molar-refractivity contribution in [2.24, 2.45) is 0 Å². The summed E-state index contributed by atoms with van der Waals surface area (Å²) in [7, 11) is 3.14. The Hall–Kier alpha value is -0.260. The Bertz CT molecular complexity index is 489. The zero-order valence-electron chi connectivity index (χ0n) is 10.6. The molecule has 112 valence electrons. The van der Waals surface area contributed by atoms with Crippen molar-refractivity contribution in [2.75, 3.05) is 19.4 Å². The maximum atomic E-state index is 11.7. The molecule has 2 N–H and O–H groups in total. The van der Waals surface area contributed by atoms with Gasteiger partial charge in [0, 0.05) is 19.1 Å². The molecule has 0 aliphatic carbocycles. The Labute approximate surface area is 142 Å². The van der Waals surface area contributed by atoms with E-state index in [4.69, 9.17) is 58.0 Å². The van der Waals surface area contributed by atoms with Crippen LogP contribution in [0.3, 0.4) is 0 Å². The zero-order valence-corrected chi connectivity index (χ0v) is 14.3. The molecule has 0 saturated heterocycles. The molecule has 1 aromatic carbocycles. The molecule has 1 aromatic rings. The Kier molecular flexibility index (Phi) is 6.35. The molecule has 0 aromatic heterocycles. The van der Waals surface area contributed by atoms with Gasteiger partial charge in [0.2, 0.25) is 3.79 Å². The second-order valence-electron chi connectivity index (χ2n) is 4.09. The Morgan fingerprint density at radius 3 is 2.30 bits per heavy atom. The monoisotopic (exact) mass is 377 g/mol. The number of nitrogens with zero attached hydrogens (tertiary/aromatic N) is 1. The smallest absolute Gasteiger partial charge is 0.318 e. The fourth-order valence-electron chi connectivity index (χ4n) is 1.21. The molecule has 1 rings (SSSR count). The van der Waals surface area contributed by atoms with Gasteiger partial charge < -0.3 is 15.5 Å². The minimum absolute atomic E-state index is 0.343. The SMILES string of the molecule is CN(C)C(=O)N[C@@H](Nc1ccc(Cl)cc1Cl)C(Cl)(Cl)Cl. The van der Waals surface area contributed by atoms with Gasteiger partial charge in [-0.15, -0.1) is 0 Å². The van der Waals surface area contributed by atoms with Gasteiger partial charge >= 0.3 is 6.03 Å². The molecule has 0 radical (unpaired) electrons. The van der Waals surface area contributed by atoms with E-state index in [9.17, 15) is 4.79 Å². The summed E-state index contributed by atoms with van der Waals surface area (Å²) in [5, 5.41) is 6.21. The number of halogens is 5. The number of rotatable bonds is 3. The van der Waals surface area contributed by atoms with Crippen molar-refractivity contribution in [3.8, 4) is 0 Å². The number of urea groups is 1. The van der Waals surface area contributed by atoms with Crippen LogP contribution in [0.1, 0.15) is 0 Å². The zero-order chi connectivity index (χ0) is 15.5. The molecule has 0 aliphatic rings. The van der Waals surface area contributed by atoms with Crippen LogP contribution in [0.2, 0.25) is 10.0 Å². The first-order valence-electron chi connectivity index (χ1n) is 5.37. The highest BCUT2D eigenvalue weighted by atomic mass is 35.6.